The van der Waals surface area contributed by atoms with Crippen molar-refractivity contribution in [1.29, 1.82) is 0 Å². The average molecular weight is 404 g/mol. The number of ether oxygens (including phenoxy) is 2. The van der Waals surface area contributed by atoms with Crippen molar-refractivity contribution < 1.29 is 9.47 Å². The van der Waals surface area contributed by atoms with E-state index in [1.165, 1.54) is 11.1 Å². The van der Waals surface area contributed by atoms with E-state index in [1.54, 1.807) is 7.11 Å². The van der Waals surface area contributed by atoms with E-state index in [0.29, 0.717) is 36.9 Å². The fourth-order valence-corrected chi connectivity index (χ4v) is 3.71. The lowest BCUT2D eigenvalue weighted by Gasteiger charge is -2.28. The molecule has 1 aromatic heterocycles. The first-order chi connectivity index (χ1) is 13.5. The van der Waals surface area contributed by atoms with Crippen LogP contribution in [0.2, 0.25) is 0 Å². The van der Waals surface area contributed by atoms with Gasteiger partial charge in [-0.3, -0.25) is 4.79 Å². The van der Waals surface area contributed by atoms with Crippen molar-refractivity contribution in [3.8, 4) is 0 Å². The van der Waals surface area contributed by atoms with Gasteiger partial charge in [-0.1, -0.05) is 0 Å². The van der Waals surface area contributed by atoms with Crippen LogP contribution in [0, 0.1) is 13.8 Å². The van der Waals surface area contributed by atoms with Crippen LogP contribution in [0.3, 0.4) is 0 Å². The summed E-state index contributed by atoms with van der Waals surface area (Å²) < 4.78 is 10.9. The lowest BCUT2D eigenvalue weighted by Crippen LogP contribution is -2.44. The van der Waals surface area contributed by atoms with E-state index in [0.717, 1.165) is 30.4 Å². The molecule has 6 nitrogen and oxygen atoms in total. The third-order valence-corrected chi connectivity index (χ3v) is 5.62. The summed E-state index contributed by atoms with van der Waals surface area (Å²) in [5.74, 6) is 0. The van der Waals surface area contributed by atoms with Gasteiger partial charge in [-0.15, -0.1) is 0 Å². The van der Waals surface area contributed by atoms with E-state index in [4.69, 9.17) is 21.7 Å². The maximum Gasteiger partial charge on any atom is 0.253 e. The molecule has 2 N–H and O–H groups in total. The molecule has 0 unspecified atom stereocenters. The highest BCUT2D eigenvalue weighted by Crippen LogP contribution is 2.19. The number of aromatic nitrogens is 1. The molecule has 1 aromatic carbocycles. The van der Waals surface area contributed by atoms with Gasteiger partial charge in [-0.2, -0.15) is 0 Å². The first kappa shape index (κ1) is 20.8. The van der Waals surface area contributed by atoms with Crippen molar-refractivity contribution in [3.05, 3.63) is 45.2 Å². The van der Waals surface area contributed by atoms with E-state index in [9.17, 15) is 4.79 Å². The first-order valence-electron chi connectivity index (χ1n) is 9.74. The zero-order valence-electron chi connectivity index (χ0n) is 16.8. The summed E-state index contributed by atoms with van der Waals surface area (Å²) in [5, 5.41) is 4.87. The molecule has 3 rings (SSSR count). The van der Waals surface area contributed by atoms with Gasteiger partial charge < -0.3 is 24.7 Å². The molecule has 1 aliphatic heterocycles. The predicted molar refractivity (Wildman–Crippen MR) is 116 cm³/mol. The molecule has 0 saturated carbocycles. The number of benzene rings is 1. The van der Waals surface area contributed by atoms with Gasteiger partial charge in [-0.25, -0.2) is 0 Å². The molecule has 1 atom stereocenters. The lowest BCUT2D eigenvalue weighted by atomic mass is 10.0. The minimum atomic E-state index is -0.0761. The van der Waals surface area contributed by atoms with Crippen molar-refractivity contribution >= 4 is 28.2 Å². The zero-order chi connectivity index (χ0) is 20.1. The average Bonchev–Trinajstić information content (AvgIpc) is 3.16. The van der Waals surface area contributed by atoms with Crippen molar-refractivity contribution in [2.75, 3.05) is 33.4 Å². The van der Waals surface area contributed by atoms with E-state index in [2.05, 4.69) is 30.2 Å². The molecule has 7 heteroatoms. The number of aryl methyl sites for hydroxylation is 2. The molecule has 2 heterocycles. The minimum absolute atomic E-state index is 0.0761. The number of aromatic amines is 1. The number of methoxy groups -OCH3 is 1. The van der Waals surface area contributed by atoms with Crippen LogP contribution in [0.1, 0.15) is 29.5 Å². The number of hydrogen-bond donors (Lipinski definition) is 2. The highest BCUT2D eigenvalue weighted by Gasteiger charge is 2.22. The summed E-state index contributed by atoms with van der Waals surface area (Å²) >= 11 is 5.59. The second-order valence-corrected chi connectivity index (χ2v) is 7.77. The molecule has 1 aliphatic rings. The molecular weight excluding hydrogens is 374 g/mol. The Morgan fingerprint density at radius 3 is 2.86 bits per heavy atom. The van der Waals surface area contributed by atoms with Gasteiger partial charge in [0.25, 0.3) is 5.56 Å². The topological polar surface area (TPSA) is 66.6 Å². The number of thiocarbonyl (C=S) groups is 1. The van der Waals surface area contributed by atoms with Crippen molar-refractivity contribution in [2.24, 2.45) is 0 Å². The number of rotatable bonds is 7. The number of nitrogens with one attached hydrogen (secondary N) is 2. The predicted octanol–water partition coefficient (Wildman–Crippen LogP) is 2.65. The maximum atomic E-state index is 12.7. The summed E-state index contributed by atoms with van der Waals surface area (Å²) in [6.07, 6.45) is 2.23. The van der Waals surface area contributed by atoms with Crippen LogP contribution in [0.5, 0.6) is 0 Å². The second kappa shape index (κ2) is 9.49. The smallest absolute Gasteiger partial charge is 0.253 e. The molecule has 152 valence electrons. The molecule has 0 spiro atoms. The monoisotopic (exact) mass is 403 g/mol. The van der Waals surface area contributed by atoms with Crippen molar-refractivity contribution in [3.63, 3.8) is 0 Å². The van der Waals surface area contributed by atoms with Crippen LogP contribution in [0.25, 0.3) is 10.9 Å². The molecule has 0 aliphatic carbocycles. The quantitative estimate of drug-likeness (QED) is 0.547. The number of H-pyrrole nitrogens is 1. The largest absolute Gasteiger partial charge is 0.383 e. The summed E-state index contributed by atoms with van der Waals surface area (Å²) in [5.41, 5.74) is 3.86. The summed E-state index contributed by atoms with van der Waals surface area (Å²) in [6, 6.07) is 6.11. The normalized spacial score (nSPS) is 16.5. The van der Waals surface area contributed by atoms with E-state index >= 15 is 0 Å². The summed E-state index contributed by atoms with van der Waals surface area (Å²) in [7, 11) is 1.66. The van der Waals surface area contributed by atoms with Crippen LogP contribution in [0.4, 0.5) is 0 Å². The van der Waals surface area contributed by atoms with Gasteiger partial charge in [0.1, 0.15) is 0 Å². The van der Waals surface area contributed by atoms with Crippen molar-refractivity contribution in [1.82, 2.24) is 15.2 Å². The third kappa shape index (κ3) is 5.10. The molecule has 0 amide bonds. The lowest BCUT2D eigenvalue weighted by molar-refractivity contribution is 0.0895. The highest BCUT2D eigenvalue weighted by molar-refractivity contribution is 7.80. The molecule has 28 heavy (non-hydrogen) atoms. The maximum absolute atomic E-state index is 12.7. The van der Waals surface area contributed by atoms with E-state index < -0.39 is 0 Å². The Morgan fingerprint density at radius 1 is 1.36 bits per heavy atom. The Bertz CT molecular complexity index is 890. The van der Waals surface area contributed by atoms with E-state index in [1.807, 2.05) is 17.0 Å². The molecule has 0 radical (unpaired) electrons. The van der Waals surface area contributed by atoms with Gasteiger partial charge in [0.15, 0.2) is 5.11 Å². The Morgan fingerprint density at radius 2 is 2.14 bits per heavy atom. The zero-order valence-corrected chi connectivity index (χ0v) is 17.7. The summed E-state index contributed by atoms with van der Waals surface area (Å²) in [4.78, 5) is 17.7. The van der Waals surface area contributed by atoms with Gasteiger partial charge in [0, 0.05) is 37.9 Å². The van der Waals surface area contributed by atoms with Crippen LogP contribution < -0.4 is 10.9 Å². The van der Waals surface area contributed by atoms with Crippen LogP contribution in [-0.2, 0) is 16.0 Å². The first-order valence-corrected chi connectivity index (χ1v) is 10.1. The minimum Gasteiger partial charge on any atom is -0.383 e. The van der Waals surface area contributed by atoms with Gasteiger partial charge >= 0.3 is 0 Å². The summed E-state index contributed by atoms with van der Waals surface area (Å²) in [6.45, 7) is 7.23. The third-order valence-electron chi connectivity index (χ3n) is 5.21. The number of pyridine rings is 1. The highest BCUT2D eigenvalue weighted by atomic mass is 32.1. The van der Waals surface area contributed by atoms with Gasteiger partial charge in [0.2, 0.25) is 0 Å². The van der Waals surface area contributed by atoms with Gasteiger partial charge in [-0.05, 0) is 73.6 Å². The Labute approximate surface area is 171 Å². The number of nitrogens with zero attached hydrogens (tertiary/aromatic N) is 1. The molecule has 1 fully saturated rings. The fourth-order valence-electron chi connectivity index (χ4n) is 3.47. The molecule has 2 aromatic rings. The van der Waals surface area contributed by atoms with Crippen LogP contribution in [0.15, 0.2) is 23.0 Å². The number of fused-ring (bicyclic) bond motifs is 1. The number of hydrogen-bond acceptors (Lipinski definition) is 4. The Kier molecular flexibility index (Phi) is 7.04. The SMILES string of the molecule is COCCNC(=S)N(Cc1cc2cc(C)c(C)cc2[nH]c1=O)C[C@H]1CCCO1. The Hall–Kier alpha value is -1.96. The molecule has 1 saturated heterocycles. The second-order valence-electron chi connectivity index (χ2n) is 7.39. The molecule has 0 bridgehead atoms. The van der Waals surface area contributed by atoms with Crippen molar-refractivity contribution in [2.45, 2.75) is 39.3 Å². The van der Waals surface area contributed by atoms with Gasteiger partial charge in [0.05, 0.1) is 19.3 Å². The Balaban J connectivity index is 1.83. The van der Waals surface area contributed by atoms with Crippen LogP contribution >= 0.6 is 12.2 Å². The van der Waals surface area contributed by atoms with E-state index in [-0.39, 0.29) is 11.7 Å². The van der Waals surface area contributed by atoms with Crippen LogP contribution in [-0.4, -0.2) is 54.5 Å². The standard InChI is InChI=1S/C21H29N3O3S/c1-14-9-16-11-17(20(25)23-19(16)10-15(14)2)12-24(13-18-5-4-7-27-18)21(28)22-6-8-26-3/h9-11,18H,4-8,12-13H2,1-3H3,(H,22,28)(H,23,25)/t18-/m1/s1. The molecular formula is C21H29N3O3S. The fraction of sp³-hybridized carbons (Fsp3) is 0.524.